The van der Waals surface area contributed by atoms with Crippen LogP contribution in [0.15, 0.2) is 45.8 Å². The molecule has 1 fully saturated rings. The lowest BCUT2D eigenvalue weighted by atomic mass is 10.0. The maximum Gasteiger partial charge on any atom is 0.292 e. The van der Waals surface area contributed by atoms with E-state index in [0.29, 0.717) is 24.4 Å². The number of pyridine rings is 2. The lowest BCUT2D eigenvalue weighted by Crippen LogP contribution is -2.46. The fourth-order valence-electron chi connectivity index (χ4n) is 4.48. The number of hydrogen-bond donors (Lipinski definition) is 2. The van der Waals surface area contributed by atoms with Gasteiger partial charge in [0.15, 0.2) is 5.58 Å². The summed E-state index contributed by atoms with van der Waals surface area (Å²) in [5.74, 6) is -1.05. The van der Waals surface area contributed by atoms with E-state index in [9.17, 15) is 14.0 Å². The van der Waals surface area contributed by atoms with Gasteiger partial charge in [-0.2, -0.15) is 4.39 Å². The zero-order valence-corrected chi connectivity index (χ0v) is 18.4. The Labute approximate surface area is 189 Å². The number of amides is 1. The van der Waals surface area contributed by atoms with E-state index in [1.54, 1.807) is 12.1 Å². The van der Waals surface area contributed by atoms with Gasteiger partial charge in [-0.1, -0.05) is 12.1 Å². The monoisotopic (exact) mass is 449 g/mol. The third-order valence-electron chi connectivity index (χ3n) is 6.37. The van der Waals surface area contributed by atoms with Crippen molar-refractivity contribution in [3.63, 3.8) is 0 Å². The van der Waals surface area contributed by atoms with E-state index < -0.39 is 11.9 Å². The largest absolute Gasteiger partial charge is 0.459 e. The number of rotatable bonds is 4. The van der Waals surface area contributed by atoms with Crippen molar-refractivity contribution in [1.29, 1.82) is 0 Å². The van der Waals surface area contributed by atoms with Crippen LogP contribution >= 0.6 is 0 Å². The van der Waals surface area contributed by atoms with E-state index in [0.717, 1.165) is 47.1 Å². The molecule has 1 amide bonds. The zero-order valence-electron chi connectivity index (χ0n) is 18.4. The molecule has 0 atom stereocenters. The number of nitrogens with one attached hydrogen (secondary N) is 2. The minimum Gasteiger partial charge on any atom is -0.459 e. The van der Waals surface area contributed by atoms with Gasteiger partial charge in [0.1, 0.15) is 5.69 Å². The number of carbonyl (C=O) groups is 1. The lowest BCUT2D eigenvalue weighted by molar-refractivity contribution is 0.0957. The number of furan rings is 1. The number of piperazine rings is 1. The Bertz CT molecular complexity index is 1420. The van der Waals surface area contributed by atoms with Crippen LogP contribution in [0.4, 0.5) is 10.1 Å². The first-order valence-corrected chi connectivity index (χ1v) is 10.8. The molecule has 0 spiro atoms. The normalized spacial score (nSPS) is 14.8. The molecule has 1 aliphatic rings. The molecule has 0 bridgehead atoms. The van der Waals surface area contributed by atoms with E-state index in [1.165, 1.54) is 13.3 Å². The molecule has 2 N–H and O–H groups in total. The van der Waals surface area contributed by atoms with Crippen molar-refractivity contribution in [3.05, 3.63) is 69.7 Å². The predicted octanol–water partition coefficient (Wildman–Crippen LogP) is 2.80. The van der Waals surface area contributed by atoms with Crippen LogP contribution in [0.5, 0.6) is 0 Å². The summed E-state index contributed by atoms with van der Waals surface area (Å²) >= 11 is 0. The molecule has 5 rings (SSSR count). The van der Waals surface area contributed by atoms with E-state index in [-0.39, 0.29) is 11.3 Å². The van der Waals surface area contributed by atoms with E-state index in [1.807, 2.05) is 24.0 Å². The molecule has 8 nitrogen and oxygen atoms in total. The van der Waals surface area contributed by atoms with Crippen molar-refractivity contribution in [3.8, 4) is 0 Å². The molecule has 0 unspecified atom stereocenters. The highest BCUT2D eigenvalue weighted by atomic mass is 19.1. The second kappa shape index (κ2) is 8.32. The van der Waals surface area contributed by atoms with Crippen LogP contribution in [0, 0.1) is 12.9 Å². The van der Waals surface area contributed by atoms with Crippen LogP contribution in [0.3, 0.4) is 0 Å². The Balaban J connectivity index is 1.31. The summed E-state index contributed by atoms with van der Waals surface area (Å²) in [4.78, 5) is 35.0. The van der Waals surface area contributed by atoms with Crippen molar-refractivity contribution in [2.75, 3.05) is 38.1 Å². The van der Waals surface area contributed by atoms with Gasteiger partial charge < -0.3 is 19.6 Å². The number of aromatic nitrogens is 2. The number of halogens is 1. The number of aromatic amines is 1. The van der Waals surface area contributed by atoms with Crippen LogP contribution in [-0.2, 0) is 6.54 Å². The van der Waals surface area contributed by atoms with Crippen molar-refractivity contribution in [2.45, 2.75) is 13.5 Å². The lowest BCUT2D eigenvalue weighted by Gasteiger charge is -2.36. The first kappa shape index (κ1) is 21.1. The van der Waals surface area contributed by atoms with Gasteiger partial charge in [-0.05, 0) is 36.2 Å². The van der Waals surface area contributed by atoms with Crippen LogP contribution in [0.1, 0.15) is 21.6 Å². The number of carbonyl (C=O) groups excluding carboxylic acids is 1. The number of hydrogen-bond acceptors (Lipinski definition) is 6. The molecule has 0 radical (unpaired) electrons. The molecule has 4 heterocycles. The Morgan fingerprint density at radius 3 is 2.67 bits per heavy atom. The molecule has 1 aromatic carbocycles. The summed E-state index contributed by atoms with van der Waals surface area (Å²) in [5.41, 5.74) is 3.59. The van der Waals surface area contributed by atoms with Gasteiger partial charge in [-0.15, -0.1) is 0 Å². The Hall–Kier alpha value is -3.72. The SMILES string of the molecule is CNC(=O)c1ccc(N2CCN(Cc3ccc4c([nH]c(=O)c5occc54)c3C)CC2)c(F)n1. The fraction of sp³-hybridized carbons (Fsp3) is 0.292. The van der Waals surface area contributed by atoms with E-state index in [4.69, 9.17) is 4.42 Å². The summed E-state index contributed by atoms with van der Waals surface area (Å²) < 4.78 is 19.8. The maximum absolute atomic E-state index is 14.5. The number of benzene rings is 1. The molecule has 4 aromatic rings. The van der Waals surface area contributed by atoms with Gasteiger partial charge in [0.25, 0.3) is 11.5 Å². The third-order valence-corrected chi connectivity index (χ3v) is 6.37. The van der Waals surface area contributed by atoms with Gasteiger partial charge in [0.2, 0.25) is 5.95 Å². The standard InChI is InChI=1S/C24H24FN5O3/c1-14-15(3-4-16-17-7-12-33-21(17)24(32)28-20(14)16)13-29-8-10-30(11-9-29)19-6-5-18(23(31)26-2)27-22(19)25/h3-7,12H,8-11,13H2,1-2H3,(H,26,31)(H,28,32). The van der Waals surface area contributed by atoms with Crippen LogP contribution in [0.2, 0.25) is 0 Å². The van der Waals surface area contributed by atoms with Gasteiger partial charge in [-0.25, -0.2) is 4.98 Å². The number of aryl methyl sites for hydroxylation is 1. The molecule has 1 saturated heterocycles. The van der Waals surface area contributed by atoms with Crippen LogP contribution in [0.25, 0.3) is 21.9 Å². The number of nitrogens with zero attached hydrogens (tertiary/aromatic N) is 3. The molecule has 33 heavy (non-hydrogen) atoms. The molecule has 0 aliphatic carbocycles. The van der Waals surface area contributed by atoms with Crippen molar-refractivity contribution in [1.82, 2.24) is 20.2 Å². The van der Waals surface area contributed by atoms with Crippen LogP contribution in [-0.4, -0.2) is 54.0 Å². The molecule has 3 aromatic heterocycles. The zero-order chi connectivity index (χ0) is 23.1. The van der Waals surface area contributed by atoms with Crippen molar-refractivity contribution in [2.24, 2.45) is 0 Å². The summed E-state index contributed by atoms with van der Waals surface area (Å²) in [7, 11) is 1.49. The van der Waals surface area contributed by atoms with Gasteiger partial charge in [0.05, 0.1) is 17.5 Å². The number of H-pyrrole nitrogens is 1. The topological polar surface area (TPSA) is 94.5 Å². The smallest absolute Gasteiger partial charge is 0.292 e. The first-order chi connectivity index (χ1) is 16.0. The van der Waals surface area contributed by atoms with Gasteiger partial charge in [0, 0.05) is 50.5 Å². The first-order valence-electron chi connectivity index (χ1n) is 10.8. The Kier molecular flexibility index (Phi) is 5.33. The van der Waals surface area contributed by atoms with Crippen LogP contribution < -0.4 is 15.8 Å². The maximum atomic E-state index is 14.5. The predicted molar refractivity (Wildman–Crippen MR) is 124 cm³/mol. The number of anilines is 1. The molecule has 9 heteroatoms. The highest BCUT2D eigenvalue weighted by molar-refractivity contribution is 6.04. The average molecular weight is 449 g/mol. The van der Waals surface area contributed by atoms with Crippen molar-refractivity contribution < 1.29 is 13.6 Å². The minimum atomic E-state index is -0.635. The third kappa shape index (κ3) is 3.74. The number of fused-ring (bicyclic) bond motifs is 3. The average Bonchev–Trinajstić information content (AvgIpc) is 3.32. The van der Waals surface area contributed by atoms with Gasteiger partial charge in [-0.3, -0.25) is 14.5 Å². The highest BCUT2D eigenvalue weighted by Crippen LogP contribution is 2.27. The minimum absolute atomic E-state index is 0.0647. The fourth-order valence-corrected chi connectivity index (χ4v) is 4.48. The quantitative estimate of drug-likeness (QED) is 0.466. The summed E-state index contributed by atoms with van der Waals surface area (Å²) in [5, 5.41) is 4.23. The molecular formula is C24H24FN5O3. The Morgan fingerprint density at radius 2 is 1.94 bits per heavy atom. The molecule has 170 valence electrons. The molecule has 0 saturated carbocycles. The summed E-state index contributed by atoms with van der Waals surface area (Å²) in [6.07, 6.45) is 1.53. The highest BCUT2D eigenvalue weighted by Gasteiger charge is 2.22. The second-order valence-corrected chi connectivity index (χ2v) is 8.24. The van der Waals surface area contributed by atoms with Crippen molar-refractivity contribution >= 4 is 33.5 Å². The summed E-state index contributed by atoms with van der Waals surface area (Å²) in [6.45, 7) is 5.56. The van der Waals surface area contributed by atoms with E-state index in [2.05, 4.69) is 26.3 Å². The summed E-state index contributed by atoms with van der Waals surface area (Å²) in [6, 6.07) is 9.09. The molecule has 1 aliphatic heterocycles. The van der Waals surface area contributed by atoms with E-state index >= 15 is 0 Å². The Morgan fingerprint density at radius 1 is 1.15 bits per heavy atom. The molecular weight excluding hydrogens is 425 g/mol. The second-order valence-electron chi connectivity index (χ2n) is 8.24. The van der Waals surface area contributed by atoms with Gasteiger partial charge >= 0.3 is 0 Å².